The second kappa shape index (κ2) is 6.46. The summed E-state index contributed by atoms with van der Waals surface area (Å²) in [7, 11) is 0. The Kier molecular flexibility index (Phi) is 5.15. The molecule has 2 nitrogen and oxygen atoms in total. The third kappa shape index (κ3) is 3.64. The summed E-state index contributed by atoms with van der Waals surface area (Å²) < 4.78 is 7.29. The smallest absolute Gasteiger partial charge is 0.147 e. The van der Waals surface area contributed by atoms with Crippen molar-refractivity contribution >= 4 is 55.1 Å². The van der Waals surface area contributed by atoms with Gasteiger partial charge in [-0.25, -0.2) is 0 Å². The van der Waals surface area contributed by atoms with E-state index in [4.69, 9.17) is 33.7 Å². The zero-order valence-electron chi connectivity index (χ0n) is 9.59. The van der Waals surface area contributed by atoms with E-state index >= 15 is 0 Å². The molecule has 0 atom stereocenters. The molecule has 19 heavy (non-hydrogen) atoms. The van der Waals surface area contributed by atoms with E-state index in [-0.39, 0.29) is 0 Å². The van der Waals surface area contributed by atoms with Crippen LogP contribution in [0.3, 0.4) is 0 Å². The number of halogens is 4. The van der Waals surface area contributed by atoms with Crippen LogP contribution in [-0.2, 0) is 6.54 Å². The topological polar surface area (TPSA) is 35.2 Å². The van der Waals surface area contributed by atoms with Gasteiger partial charge in [-0.3, -0.25) is 0 Å². The van der Waals surface area contributed by atoms with E-state index in [1.807, 2.05) is 18.2 Å². The van der Waals surface area contributed by atoms with Crippen molar-refractivity contribution in [3.05, 3.63) is 54.9 Å². The summed E-state index contributed by atoms with van der Waals surface area (Å²) in [5.41, 5.74) is 6.59. The molecule has 0 saturated heterocycles. The monoisotopic (exact) mass is 423 g/mol. The Morgan fingerprint density at radius 3 is 2.32 bits per heavy atom. The number of rotatable bonds is 3. The van der Waals surface area contributed by atoms with Crippen LogP contribution in [0.2, 0.25) is 10.0 Å². The Morgan fingerprint density at radius 1 is 0.947 bits per heavy atom. The first-order valence-corrected chi connectivity index (χ1v) is 7.66. The lowest BCUT2D eigenvalue weighted by atomic mass is 10.2. The summed E-state index contributed by atoms with van der Waals surface area (Å²) in [6.07, 6.45) is 0. The van der Waals surface area contributed by atoms with Crippen molar-refractivity contribution in [1.29, 1.82) is 0 Å². The second-order valence-electron chi connectivity index (χ2n) is 3.77. The van der Waals surface area contributed by atoms with Gasteiger partial charge in [-0.15, -0.1) is 0 Å². The van der Waals surface area contributed by atoms with Crippen LogP contribution in [0.5, 0.6) is 11.5 Å². The molecule has 2 aromatic rings. The SMILES string of the molecule is NCc1ccc(Oc2cc(Cl)c(Br)cc2Cl)c(Br)c1. The van der Waals surface area contributed by atoms with Gasteiger partial charge in [0, 0.05) is 17.1 Å². The molecule has 0 radical (unpaired) electrons. The van der Waals surface area contributed by atoms with Gasteiger partial charge in [-0.05, 0) is 55.6 Å². The van der Waals surface area contributed by atoms with E-state index in [0.29, 0.717) is 28.1 Å². The molecular formula is C13H9Br2Cl2NO. The van der Waals surface area contributed by atoms with Crippen LogP contribution in [0.25, 0.3) is 0 Å². The van der Waals surface area contributed by atoms with Gasteiger partial charge in [-0.1, -0.05) is 29.3 Å². The highest BCUT2D eigenvalue weighted by Crippen LogP contribution is 2.38. The van der Waals surface area contributed by atoms with E-state index in [2.05, 4.69) is 31.9 Å². The fourth-order valence-corrected chi connectivity index (χ4v) is 2.79. The van der Waals surface area contributed by atoms with Crippen molar-refractivity contribution in [2.45, 2.75) is 6.54 Å². The van der Waals surface area contributed by atoms with Crippen molar-refractivity contribution in [2.24, 2.45) is 5.73 Å². The van der Waals surface area contributed by atoms with E-state index in [0.717, 1.165) is 14.5 Å². The Bertz CT molecular complexity index is 620. The van der Waals surface area contributed by atoms with Crippen molar-refractivity contribution in [2.75, 3.05) is 0 Å². The van der Waals surface area contributed by atoms with Gasteiger partial charge >= 0.3 is 0 Å². The van der Waals surface area contributed by atoms with Crippen LogP contribution in [-0.4, -0.2) is 0 Å². The summed E-state index contributed by atoms with van der Waals surface area (Å²) in [5.74, 6) is 1.15. The average Bonchev–Trinajstić information content (AvgIpc) is 2.38. The largest absolute Gasteiger partial charge is 0.455 e. The van der Waals surface area contributed by atoms with Crippen molar-refractivity contribution in [3.8, 4) is 11.5 Å². The molecule has 100 valence electrons. The third-order valence-electron chi connectivity index (χ3n) is 2.43. The molecule has 2 aromatic carbocycles. The molecule has 0 saturated carbocycles. The standard InChI is InChI=1S/C13H9Br2Cl2NO/c14-8-4-11(17)13(5-10(8)16)19-12-2-1-7(6-18)3-9(12)15/h1-5H,6,18H2. The molecule has 0 amide bonds. The van der Waals surface area contributed by atoms with Crippen molar-refractivity contribution < 1.29 is 4.74 Å². The van der Waals surface area contributed by atoms with E-state index in [1.165, 1.54) is 0 Å². The zero-order chi connectivity index (χ0) is 14.0. The van der Waals surface area contributed by atoms with E-state index < -0.39 is 0 Å². The molecule has 0 heterocycles. The highest BCUT2D eigenvalue weighted by molar-refractivity contribution is 9.10. The minimum absolute atomic E-state index is 0.476. The molecule has 0 aliphatic rings. The summed E-state index contributed by atoms with van der Waals surface area (Å²) in [4.78, 5) is 0. The first-order valence-electron chi connectivity index (χ1n) is 5.32. The van der Waals surface area contributed by atoms with Gasteiger partial charge in [0.15, 0.2) is 0 Å². The van der Waals surface area contributed by atoms with Gasteiger partial charge in [0.2, 0.25) is 0 Å². The van der Waals surface area contributed by atoms with Crippen LogP contribution in [0.1, 0.15) is 5.56 Å². The van der Waals surface area contributed by atoms with Gasteiger partial charge in [0.1, 0.15) is 11.5 Å². The Hall–Kier alpha value is -0.260. The number of hydrogen-bond acceptors (Lipinski definition) is 2. The summed E-state index contributed by atoms with van der Waals surface area (Å²) >= 11 is 18.9. The molecule has 0 aliphatic heterocycles. The van der Waals surface area contributed by atoms with Crippen LogP contribution in [0.15, 0.2) is 39.3 Å². The molecule has 0 fully saturated rings. The van der Waals surface area contributed by atoms with E-state index in [9.17, 15) is 0 Å². The average molecular weight is 426 g/mol. The molecular weight excluding hydrogens is 417 g/mol. The van der Waals surface area contributed by atoms with Gasteiger partial charge in [0.25, 0.3) is 0 Å². The first kappa shape index (κ1) is 15.1. The fraction of sp³-hybridized carbons (Fsp3) is 0.0769. The molecule has 0 spiro atoms. The molecule has 2 rings (SSSR count). The maximum absolute atomic E-state index is 6.11. The Morgan fingerprint density at radius 2 is 1.68 bits per heavy atom. The Labute approximate surface area is 138 Å². The quantitative estimate of drug-likeness (QED) is 0.633. The lowest BCUT2D eigenvalue weighted by molar-refractivity contribution is 0.479. The zero-order valence-corrected chi connectivity index (χ0v) is 14.3. The van der Waals surface area contributed by atoms with Crippen molar-refractivity contribution in [1.82, 2.24) is 0 Å². The normalized spacial score (nSPS) is 10.6. The van der Waals surface area contributed by atoms with Gasteiger partial charge < -0.3 is 10.5 Å². The number of ether oxygens (including phenoxy) is 1. The summed E-state index contributed by atoms with van der Waals surface area (Å²) in [6, 6.07) is 9.00. The minimum Gasteiger partial charge on any atom is -0.455 e. The highest BCUT2D eigenvalue weighted by atomic mass is 79.9. The maximum atomic E-state index is 6.11. The molecule has 0 aromatic heterocycles. The second-order valence-corrected chi connectivity index (χ2v) is 6.29. The van der Waals surface area contributed by atoms with Gasteiger partial charge in [-0.2, -0.15) is 0 Å². The third-order valence-corrected chi connectivity index (χ3v) is 4.54. The molecule has 2 N–H and O–H groups in total. The fourth-order valence-electron chi connectivity index (χ4n) is 1.46. The number of benzene rings is 2. The first-order chi connectivity index (χ1) is 9.01. The maximum Gasteiger partial charge on any atom is 0.147 e. The predicted molar refractivity (Wildman–Crippen MR) is 86.3 cm³/mol. The van der Waals surface area contributed by atoms with Crippen LogP contribution in [0, 0.1) is 0 Å². The predicted octanol–water partition coefficient (Wildman–Crippen LogP) is 5.77. The van der Waals surface area contributed by atoms with Crippen LogP contribution < -0.4 is 10.5 Å². The molecule has 6 heteroatoms. The highest BCUT2D eigenvalue weighted by Gasteiger charge is 2.10. The molecule has 0 aliphatic carbocycles. The lowest BCUT2D eigenvalue weighted by Crippen LogP contribution is -1.96. The number of hydrogen-bond donors (Lipinski definition) is 1. The Balaban J connectivity index is 2.33. The van der Waals surface area contributed by atoms with Crippen LogP contribution in [0.4, 0.5) is 0 Å². The van der Waals surface area contributed by atoms with Gasteiger partial charge in [0.05, 0.1) is 14.5 Å². The number of nitrogens with two attached hydrogens (primary N) is 1. The summed E-state index contributed by atoms with van der Waals surface area (Å²) in [5, 5.41) is 1.01. The molecule has 0 bridgehead atoms. The lowest BCUT2D eigenvalue weighted by Gasteiger charge is -2.11. The minimum atomic E-state index is 0.476. The summed E-state index contributed by atoms with van der Waals surface area (Å²) in [6.45, 7) is 0.476. The van der Waals surface area contributed by atoms with E-state index in [1.54, 1.807) is 12.1 Å². The van der Waals surface area contributed by atoms with Crippen LogP contribution >= 0.6 is 55.1 Å². The van der Waals surface area contributed by atoms with Crippen molar-refractivity contribution in [3.63, 3.8) is 0 Å². The molecule has 0 unspecified atom stereocenters.